The van der Waals surface area contributed by atoms with E-state index >= 15 is 0 Å². The average molecular weight is 558 g/mol. The quantitative estimate of drug-likeness (QED) is 0.498. The molecule has 0 aromatic carbocycles. The molecule has 0 aromatic heterocycles. The minimum absolute atomic E-state index is 0.0448. The van der Waals surface area contributed by atoms with Crippen LogP contribution in [-0.2, 0) is 34.8 Å². The van der Waals surface area contributed by atoms with Gasteiger partial charge in [0.25, 0.3) is 0 Å². The SMILES string of the molecule is O=[C]=[W](=[C]=O)(=[C]=O)(=[C]=O)(=[C]=O)=[C]1N(C2CCCCC2)CCN1C1CCCCC1. The molecule has 2 saturated carbocycles. The van der Waals surface area contributed by atoms with Crippen molar-refractivity contribution in [1.82, 2.24) is 9.80 Å². The van der Waals surface area contributed by atoms with Gasteiger partial charge in [-0.25, -0.2) is 0 Å². The maximum absolute atomic E-state index is 12.3. The number of rotatable bonds is 2. The van der Waals surface area contributed by atoms with E-state index in [-0.39, 0.29) is 16.2 Å². The Morgan fingerprint density at radius 2 is 0.893 bits per heavy atom. The zero-order valence-corrected chi connectivity index (χ0v) is 18.9. The molecule has 8 heteroatoms. The first-order valence-corrected chi connectivity index (χ1v) is 18.8. The second-order valence-corrected chi connectivity index (χ2v) is 23.5. The van der Waals surface area contributed by atoms with E-state index in [2.05, 4.69) is 0 Å². The van der Waals surface area contributed by atoms with Crippen LogP contribution in [0.15, 0.2) is 0 Å². The van der Waals surface area contributed by atoms with Gasteiger partial charge < -0.3 is 0 Å². The summed E-state index contributed by atoms with van der Waals surface area (Å²) in [5.41, 5.74) is 0. The molecule has 0 aromatic rings. The fourth-order valence-electron chi connectivity index (χ4n) is 4.98. The molecule has 1 saturated heterocycles. The van der Waals surface area contributed by atoms with Gasteiger partial charge in [-0.1, -0.05) is 0 Å². The molecule has 152 valence electrons. The summed E-state index contributed by atoms with van der Waals surface area (Å²) >= 11 is 0. The summed E-state index contributed by atoms with van der Waals surface area (Å²) in [6, 6.07) is -0.0896. The molecule has 0 atom stereocenters. The molecular weight excluding hydrogens is 532 g/mol. The molecule has 7 nitrogen and oxygen atoms in total. The van der Waals surface area contributed by atoms with E-state index in [1.807, 2.05) is 0 Å². The van der Waals surface area contributed by atoms with Gasteiger partial charge in [0.2, 0.25) is 0 Å². The Balaban J connectivity index is 2.56. The van der Waals surface area contributed by atoms with Crippen LogP contribution in [0, 0.1) is 0 Å². The first-order chi connectivity index (χ1) is 13.5. The van der Waals surface area contributed by atoms with Crippen molar-refractivity contribution in [1.29, 1.82) is 0 Å². The molecule has 28 heavy (non-hydrogen) atoms. The molecular formula is C20H26N2O5W. The van der Waals surface area contributed by atoms with Crippen LogP contribution in [0.3, 0.4) is 0 Å². The van der Waals surface area contributed by atoms with Gasteiger partial charge in [0.05, 0.1) is 0 Å². The minimum atomic E-state index is -7.63. The van der Waals surface area contributed by atoms with E-state index in [0.29, 0.717) is 13.1 Å². The second kappa shape index (κ2) is 7.32. The Hall–Kier alpha value is -1.62. The van der Waals surface area contributed by atoms with Crippen LogP contribution in [0.1, 0.15) is 64.2 Å². The molecule has 3 rings (SSSR count). The van der Waals surface area contributed by atoms with Crippen molar-refractivity contribution >= 4 is 25.5 Å². The summed E-state index contributed by atoms with van der Waals surface area (Å²) in [7, 11) is -7.63. The van der Waals surface area contributed by atoms with Crippen molar-refractivity contribution < 1.29 is 34.8 Å². The molecule has 0 spiro atoms. The molecule has 2 aliphatic carbocycles. The van der Waals surface area contributed by atoms with Crippen molar-refractivity contribution in [2.45, 2.75) is 76.3 Å². The summed E-state index contributed by atoms with van der Waals surface area (Å²) < 4.78 is 6.70. The molecule has 0 amide bonds. The van der Waals surface area contributed by atoms with Crippen LogP contribution in [0.2, 0.25) is 0 Å². The number of nitrogens with zero attached hydrogens (tertiary/aromatic N) is 2. The van der Waals surface area contributed by atoms with Crippen molar-refractivity contribution in [3.8, 4) is 0 Å². The Labute approximate surface area is 159 Å². The molecule has 3 fully saturated rings. The zero-order valence-electron chi connectivity index (χ0n) is 16.0. The third-order valence-electron chi connectivity index (χ3n) is 6.60. The Bertz CT molecular complexity index is 1240. The van der Waals surface area contributed by atoms with Gasteiger partial charge >= 0.3 is 159 Å². The molecule has 1 heterocycles. The molecule has 3 aliphatic rings. The first-order valence-electron chi connectivity index (χ1n) is 9.97. The second-order valence-electron chi connectivity index (χ2n) is 8.20. The van der Waals surface area contributed by atoms with E-state index in [9.17, 15) is 24.0 Å². The van der Waals surface area contributed by atoms with Crippen LogP contribution in [0.25, 0.3) is 0 Å². The van der Waals surface area contributed by atoms with Crippen molar-refractivity contribution in [3.63, 3.8) is 0 Å². The summed E-state index contributed by atoms with van der Waals surface area (Å²) in [5.74, 6) is 0. The molecule has 0 N–H and O–H groups in total. The maximum atomic E-state index is 12.3. The average Bonchev–Trinajstić information content (AvgIpc) is 3.25. The van der Waals surface area contributed by atoms with Crippen LogP contribution >= 0.6 is 0 Å². The zero-order chi connectivity index (χ0) is 20.3. The van der Waals surface area contributed by atoms with Gasteiger partial charge in [0, 0.05) is 0 Å². The normalized spacial score (nSPS) is 22.9. The summed E-state index contributed by atoms with van der Waals surface area (Å²) in [4.78, 5) is 65.0. The predicted molar refractivity (Wildman–Crippen MR) is 101 cm³/mol. The molecule has 0 radical (unpaired) electrons. The summed E-state index contributed by atoms with van der Waals surface area (Å²) in [5, 5.41) is 0. The van der Waals surface area contributed by atoms with Crippen LogP contribution in [-0.4, -0.2) is 60.4 Å². The molecule has 1 aliphatic heterocycles. The van der Waals surface area contributed by atoms with Gasteiger partial charge in [-0.05, 0) is 0 Å². The number of carbonyl (C=O) groups excluding carboxylic acids is 5. The van der Waals surface area contributed by atoms with E-state index in [1.54, 1.807) is 9.80 Å². The Kier molecular flexibility index (Phi) is 5.52. The Morgan fingerprint density at radius 3 is 1.18 bits per heavy atom. The third kappa shape index (κ3) is 2.69. The van der Waals surface area contributed by atoms with Crippen LogP contribution < -0.4 is 0 Å². The van der Waals surface area contributed by atoms with Crippen molar-refractivity contribution in [2.75, 3.05) is 13.1 Å². The van der Waals surface area contributed by atoms with E-state index in [4.69, 9.17) is 0 Å². The van der Waals surface area contributed by atoms with Crippen LogP contribution in [0.5, 0.6) is 0 Å². The number of hydrogen-bond acceptors (Lipinski definition) is 7. The predicted octanol–water partition coefficient (Wildman–Crippen LogP) is 0.918. The van der Waals surface area contributed by atoms with E-state index < -0.39 is 10.8 Å². The van der Waals surface area contributed by atoms with Crippen molar-refractivity contribution in [3.05, 3.63) is 0 Å². The number of hydrogen-bond donors (Lipinski definition) is 0. The fraction of sp³-hybridized carbons (Fsp3) is 0.700. The standard InChI is InChI=1S/C15H26N2.5CO.W/c1-3-7-14(8-4-1)16-11-12-17(13-16)15-9-5-2-6-10-15;5*1-2;/h14-15H,1-12H2;;;;;;. The van der Waals surface area contributed by atoms with Crippen molar-refractivity contribution in [2.24, 2.45) is 0 Å². The van der Waals surface area contributed by atoms with E-state index in [0.717, 1.165) is 64.2 Å². The fourth-order valence-corrected chi connectivity index (χ4v) is 13.5. The van der Waals surface area contributed by atoms with Gasteiger partial charge in [0.15, 0.2) is 0 Å². The van der Waals surface area contributed by atoms with Crippen LogP contribution in [0.4, 0.5) is 0 Å². The topological polar surface area (TPSA) is 91.8 Å². The van der Waals surface area contributed by atoms with Gasteiger partial charge in [-0.3, -0.25) is 0 Å². The molecule has 0 unspecified atom stereocenters. The first kappa shape index (κ1) is 21.1. The summed E-state index contributed by atoms with van der Waals surface area (Å²) in [6.07, 6.45) is 9.30. The van der Waals surface area contributed by atoms with Gasteiger partial charge in [0.1, 0.15) is 0 Å². The third-order valence-corrected chi connectivity index (χ3v) is 19.1. The van der Waals surface area contributed by atoms with Gasteiger partial charge in [-0.2, -0.15) is 0 Å². The van der Waals surface area contributed by atoms with Gasteiger partial charge in [-0.15, -0.1) is 0 Å². The molecule has 0 bridgehead atoms. The monoisotopic (exact) mass is 558 g/mol. The summed E-state index contributed by atoms with van der Waals surface area (Å²) in [6.45, 7) is 0.885. The van der Waals surface area contributed by atoms with E-state index in [1.165, 1.54) is 21.3 Å². The Morgan fingerprint density at radius 1 is 0.571 bits per heavy atom.